The van der Waals surface area contributed by atoms with Gasteiger partial charge < -0.3 is 4.74 Å². The van der Waals surface area contributed by atoms with Gasteiger partial charge in [0.2, 0.25) is 0 Å². The molecule has 0 atom stereocenters. The number of hydrogen-bond acceptors (Lipinski definition) is 3. The molecule has 0 N–H and O–H groups in total. The number of thiocarbonyl (C=S) groups is 1. The Balaban J connectivity index is 2.14. The lowest BCUT2D eigenvalue weighted by molar-refractivity contribution is 0.483. The van der Waals surface area contributed by atoms with E-state index in [9.17, 15) is 0 Å². The number of aliphatic imine (C=N–C) groups is 1. The van der Waals surface area contributed by atoms with E-state index in [0.29, 0.717) is 0 Å². The molecule has 0 amide bonds. The van der Waals surface area contributed by atoms with Crippen LogP contribution in [0.3, 0.4) is 0 Å². The molecule has 0 aliphatic carbocycles. The Kier molecular flexibility index (Phi) is 3.44. The van der Waals surface area contributed by atoms with Crippen LogP contribution in [0.15, 0.2) is 59.6 Å². The van der Waals surface area contributed by atoms with Crippen LogP contribution in [0.25, 0.3) is 0 Å². The van der Waals surface area contributed by atoms with Gasteiger partial charge in [-0.05, 0) is 48.6 Å². The minimum Gasteiger partial charge on any atom is -0.457 e. The van der Waals surface area contributed by atoms with E-state index in [4.69, 9.17) is 4.74 Å². The lowest BCUT2D eigenvalue weighted by atomic mass is 10.3. The number of nitrogens with zero attached hydrogens (tertiary/aromatic N) is 1. The SMILES string of the molecule is S=C=Nc1ccc(Oc2ccccc2)cc1. The number of para-hydroxylation sites is 1. The first-order valence-corrected chi connectivity index (χ1v) is 5.20. The second-order valence-corrected chi connectivity index (χ2v) is 3.29. The summed E-state index contributed by atoms with van der Waals surface area (Å²) in [5.41, 5.74) is 0.774. The summed E-state index contributed by atoms with van der Waals surface area (Å²) in [6, 6.07) is 17.0. The van der Waals surface area contributed by atoms with Gasteiger partial charge in [-0.25, -0.2) is 0 Å². The normalized spacial score (nSPS) is 9.25. The molecule has 0 aliphatic rings. The third-order valence-corrected chi connectivity index (χ3v) is 2.08. The van der Waals surface area contributed by atoms with Crippen LogP contribution in [-0.2, 0) is 0 Å². The van der Waals surface area contributed by atoms with Crippen molar-refractivity contribution in [3.8, 4) is 11.5 Å². The van der Waals surface area contributed by atoms with Crippen LogP contribution in [0.5, 0.6) is 11.5 Å². The summed E-state index contributed by atoms with van der Waals surface area (Å²) in [6.45, 7) is 0. The molecule has 2 aromatic carbocycles. The van der Waals surface area contributed by atoms with Gasteiger partial charge in [-0.3, -0.25) is 0 Å². The van der Waals surface area contributed by atoms with Gasteiger partial charge >= 0.3 is 0 Å². The molecule has 0 bridgehead atoms. The molecule has 0 radical (unpaired) electrons. The van der Waals surface area contributed by atoms with E-state index in [1.54, 1.807) is 0 Å². The molecule has 0 fully saturated rings. The predicted molar refractivity (Wildman–Crippen MR) is 67.6 cm³/mol. The molecule has 0 unspecified atom stereocenters. The first kappa shape index (κ1) is 10.6. The summed E-state index contributed by atoms with van der Waals surface area (Å²) in [5.74, 6) is 1.59. The molecule has 78 valence electrons. The van der Waals surface area contributed by atoms with E-state index in [1.807, 2.05) is 54.6 Å². The second kappa shape index (κ2) is 5.21. The van der Waals surface area contributed by atoms with Gasteiger partial charge in [0.25, 0.3) is 0 Å². The Labute approximate surface area is 99.2 Å². The number of hydrogen-bond donors (Lipinski definition) is 0. The average molecular weight is 227 g/mol. The third-order valence-electron chi connectivity index (χ3n) is 1.99. The van der Waals surface area contributed by atoms with Crippen LogP contribution in [0.1, 0.15) is 0 Å². The highest BCUT2D eigenvalue weighted by Crippen LogP contribution is 2.23. The molecule has 0 saturated carbocycles. The number of isothiocyanates is 1. The van der Waals surface area contributed by atoms with Crippen LogP contribution in [0.4, 0.5) is 5.69 Å². The van der Waals surface area contributed by atoms with E-state index >= 15 is 0 Å². The standard InChI is InChI=1S/C13H9NOS/c16-10-14-11-6-8-13(9-7-11)15-12-4-2-1-3-5-12/h1-9H. The van der Waals surface area contributed by atoms with Crippen LogP contribution in [-0.4, -0.2) is 5.16 Å². The van der Waals surface area contributed by atoms with Gasteiger partial charge in [-0.1, -0.05) is 18.2 Å². The second-order valence-electron chi connectivity index (χ2n) is 3.11. The Morgan fingerprint density at radius 2 is 1.50 bits per heavy atom. The number of rotatable bonds is 3. The molecule has 0 heterocycles. The summed E-state index contributed by atoms with van der Waals surface area (Å²) in [6.07, 6.45) is 0. The van der Waals surface area contributed by atoms with Gasteiger partial charge in [-0.15, -0.1) is 0 Å². The molecule has 16 heavy (non-hydrogen) atoms. The van der Waals surface area contributed by atoms with Crippen molar-refractivity contribution in [2.45, 2.75) is 0 Å². The van der Waals surface area contributed by atoms with Crippen molar-refractivity contribution in [1.29, 1.82) is 0 Å². The van der Waals surface area contributed by atoms with Crippen LogP contribution < -0.4 is 4.74 Å². The Morgan fingerprint density at radius 3 is 2.12 bits per heavy atom. The molecule has 0 spiro atoms. The first-order valence-electron chi connectivity index (χ1n) is 4.79. The predicted octanol–water partition coefficient (Wildman–Crippen LogP) is 4.21. The molecule has 2 nitrogen and oxygen atoms in total. The largest absolute Gasteiger partial charge is 0.457 e. The Hall–Kier alpha value is -1.96. The molecule has 2 rings (SSSR count). The van der Waals surface area contributed by atoms with Crippen LogP contribution in [0, 0.1) is 0 Å². The molecule has 3 heteroatoms. The Morgan fingerprint density at radius 1 is 0.875 bits per heavy atom. The fourth-order valence-corrected chi connectivity index (χ4v) is 1.37. The highest BCUT2D eigenvalue weighted by molar-refractivity contribution is 7.78. The van der Waals surface area contributed by atoms with Crippen molar-refractivity contribution in [2.75, 3.05) is 0 Å². The van der Waals surface area contributed by atoms with E-state index in [-0.39, 0.29) is 0 Å². The fourth-order valence-electron chi connectivity index (χ4n) is 1.27. The minimum absolute atomic E-state index is 0.773. The summed E-state index contributed by atoms with van der Waals surface area (Å²) < 4.78 is 5.62. The van der Waals surface area contributed by atoms with Gasteiger partial charge in [-0.2, -0.15) is 4.99 Å². The van der Waals surface area contributed by atoms with Crippen LogP contribution >= 0.6 is 12.2 Å². The maximum atomic E-state index is 5.62. The smallest absolute Gasteiger partial charge is 0.127 e. The Bertz CT molecular complexity index is 501. The summed E-state index contributed by atoms with van der Waals surface area (Å²) in [5, 5.41) is 2.32. The molecule has 0 aliphatic heterocycles. The molecule has 2 aromatic rings. The number of ether oxygens (including phenoxy) is 1. The lowest BCUT2D eigenvalue weighted by Gasteiger charge is -2.04. The quantitative estimate of drug-likeness (QED) is 0.578. The van der Waals surface area contributed by atoms with E-state index in [2.05, 4.69) is 22.4 Å². The zero-order valence-electron chi connectivity index (χ0n) is 8.46. The zero-order valence-corrected chi connectivity index (χ0v) is 9.28. The molecular formula is C13H9NOS. The van der Waals surface area contributed by atoms with E-state index in [1.165, 1.54) is 0 Å². The van der Waals surface area contributed by atoms with Crippen molar-refractivity contribution in [2.24, 2.45) is 4.99 Å². The van der Waals surface area contributed by atoms with Crippen molar-refractivity contribution >= 4 is 23.1 Å². The monoisotopic (exact) mass is 227 g/mol. The first-order chi connectivity index (χ1) is 7.88. The fraction of sp³-hybridized carbons (Fsp3) is 0. The van der Waals surface area contributed by atoms with Crippen LogP contribution in [0.2, 0.25) is 0 Å². The number of benzene rings is 2. The molecule has 0 aromatic heterocycles. The van der Waals surface area contributed by atoms with Gasteiger partial charge in [0.15, 0.2) is 0 Å². The van der Waals surface area contributed by atoms with Gasteiger partial charge in [0, 0.05) is 0 Å². The van der Waals surface area contributed by atoms with Crippen molar-refractivity contribution in [3.05, 3.63) is 54.6 Å². The maximum Gasteiger partial charge on any atom is 0.127 e. The minimum atomic E-state index is 0.773. The van der Waals surface area contributed by atoms with Crippen molar-refractivity contribution < 1.29 is 4.74 Å². The van der Waals surface area contributed by atoms with Crippen molar-refractivity contribution in [1.82, 2.24) is 0 Å². The summed E-state index contributed by atoms with van der Waals surface area (Å²) in [4.78, 5) is 3.86. The van der Waals surface area contributed by atoms with E-state index in [0.717, 1.165) is 17.2 Å². The topological polar surface area (TPSA) is 21.6 Å². The highest BCUT2D eigenvalue weighted by atomic mass is 32.1. The lowest BCUT2D eigenvalue weighted by Crippen LogP contribution is -1.82. The third kappa shape index (κ3) is 2.76. The zero-order chi connectivity index (χ0) is 11.2. The maximum absolute atomic E-state index is 5.62. The summed E-state index contributed by atoms with van der Waals surface area (Å²) >= 11 is 4.52. The highest BCUT2D eigenvalue weighted by Gasteiger charge is 1.95. The van der Waals surface area contributed by atoms with E-state index < -0.39 is 0 Å². The molecular weight excluding hydrogens is 218 g/mol. The summed E-state index contributed by atoms with van der Waals surface area (Å²) in [7, 11) is 0. The average Bonchev–Trinajstić information content (AvgIpc) is 2.33. The van der Waals surface area contributed by atoms with Crippen molar-refractivity contribution in [3.63, 3.8) is 0 Å². The van der Waals surface area contributed by atoms with Gasteiger partial charge in [0.1, 0.15) is 11.5 Å². The van der Waals surface area contributed by atoms with Gasteiger partial charge in [0.05, 0.1) is 10.8 Å². The molecule has 0 saturated heterocycles.